The van der Waals surface area contributed by atoms with E-state index >= 15 is 0 Å². The normalized spacial score (nSPS) is 11.5. The van der Waals surface area contributed by atoms with Crippen LogP contribution >= 0.6 is 11.3 Å². The highest BCUT2D eigenvalue weighted by atomic mass is 32.1. The third-order valence-electron chi connectivity index (χ3n) is 5.62. The number of amides is 1. The summed E-state index contributed by atoms with van der Waals surface area (Å²) < 4.78 is 15.2. The van der Waals surface area contributed by atoms with Crippen molar-refractivity contribution in [3.05, 3.63) is 125 Å². The molecule has 1 aromatic heterocycles. The van der Waals surface area contributed by atoms with E-state index in [1.165, 1.54) is 35.6 Å². The van der Waals surface area contributed by atoms with Gasteiger partial charge in [0.2, 0.25) is 0 Å². The number of aromatic nitrogens is 1. The van der Waals surface area contributed by atoms with Crippen LogP contribution in [0.15, 0.2) is 114 Å². The molecule has 0 saturated carbocycles. The molecule has 3 nitrogen and oxygen atoms in total. The monoisotopic (exact) mass is 464 g/mol. The maximum atomic E-state index is 13.3. The lowest BCUT2D eigenvalue weighted by molar-refractivity contribution is 0.0998. The topological polar surface area (TPSA) is 34.4 Å². The molecule has 0 spiro atoms. The first kappa shape index (κ1) is 21.7. The van der Waals surface area contributed by atoms with Gasteiger partial charge in [0.1, 0.15) is 5.82 Å². The molecular formula is C29H21FN2OS. The summed E-state index contributed by atoms with van der Waals surface area (Å²) >= 11 is 1.46. The third kappa shape index (κ3) is 4.38. The van der Waals surface area contributed by atoms with Crippen LogP contribution < -0.4 is 4.80 Å². The van der Waals surface area contributed by atoms with Gasteiger partial charge in [-0.25, -0.2) is 4.39 Å². The molecule has 5 aromatic rings. The van der Waals surface area contributed by atoms with Gasteiger partial charge in [0.25, 0.3) is 5.91 Å². The van der Waals surface area contributed by atoms with Crippen molar-refractivity contribution in [1.82, 2.24) is 4.57 Å². The average molecular weight is 465 g/mol. The van der Waals surface area contributed by atoms with Crippen molar-refractivity contribution in [3.63, 3.8) is 0 Å². The molecule has 0 bridgehead atoms. The predicted octanol–water partition coefficient (Wildman–Crippen LogP) is 6.97. The molecule has 0 aliphatic rings. The summed E-state index contributed by atoms with van der Waals surface area (Å²) in [4.78, 5) is 18.8. The lowest BCUT2D eigenvalue weighted by atomic mass is 10.0. The number of nitrogens with zero attached hydrogens (tertiary/aromatic N) is 2. The van der Waals surface area contributed by atoms with Crippen molar-refractivity contribution in [2.75, 3.05) is 0 Å². The molecule has 0 N–H and O–H groups in total. The number of carbonyl (C=O) groups is 1. The molecule has 4 aromatic carbocycles. The molecular weight excluding hydrogens is 443 g/mol. The molecule has 0 aliphatic heterocycles. The van der Waals surface area contributed by atoms with Crippen LogP contribution in [-0.2, 0) is 7.05 Å². The molecule has 0 saturated heterocycles. The van der Waals surface area contributed by atoms with E-state index in [1.807, 2.05) is 48.0 Å². The van der Waals surface area contributed by atoms with Crippen LogP contribution in [-0.4, -0.2) is 10.5 Å². The largest absolute Gasteiger partial charge is 0.319 e. The Morgan fingerprint density at radius 1 is 0.706 bits per heavy atom. The van der Waals surface area contributed by atoms with E-state index in [4.69, 9.17) is 0 Å². The van der Waals surface area contributed by atoms with Gasteiger partial charge in [-0.15, -0.1) is 0 Å². The second-order valence-corrected chi connectivity index (χ2v) is 8.83. The summed E-state index contributed by atoms with van der Waals surface area (Å²) in [5.74, 6) is -0.784. The second-order valence-electron chi connectivity index (χ2n) is 7.85. The first-order chi connectivity index (χ1) is 16.6. The van der Waals surface area contributed by atoms with Gasteiger partial charge >= 0.3 is 0 Å². The van der Waals surface area contributed by atoms with E-state index in [0.717, 1.165) is 32.8 Å². The molecule has 0 unspecified atom stereocenters. The smallest absolute Gasteiger partial charge is 0.279 e. The Bertz CT molecular complexity index is 1500. The average Bonchev–Trinajstić information content (AvgIpc) is 3.21. The fraction of sp³-hybridized carbons (Fsp3) is 0.0345. The number of hydrogen-bond acceptors (Lipinski definition) is 2. The summed E-state index contributed by atoms with van der Waals surface area (Å²) in [6.07, 6.45) is 0. The maximum absolute atomic E-state index is 13.3. The van der Waals surface area contributed by atoms with E-state index in [1.54, 1.807) is 0 Å². The number of halogens is 1. The first-order valence-electron chi connectivity index (χ1n) is 10.9. The van der Waals surface area contributed by atoms with Gasteiger partial charge in [0.15, 0.2) is 4.80 Å². The van der Waals surface area contributed by atoms with Crippen molar-refractivity contribution in [3.8, 4) is 32.8 Å². The van der Waals surface area contributed by atoms with Crippen LogP contribution in [0.3, 0.4) is 0 Å². The molecule has 166 valence electrons. The zero-order chi connectivity index (χ0) is 23.5. The lowest BCUT2D eigenvalue weighted by Gasteiger charge is -2.09. The highest BCUT2D eigenvalue weighted by Gasteiger charge is 2.16. The van der Waals surface area contributed by atoms with Crippen molar-refractivity contribution >= 4 is 17.2 Å². The molecule has 5 heteroatoms. The minimum absolute atomic E-state index is 0.352. The molecule has 1 amide bonds. The third-order valence-corrected chi connectivity index (χ3v) is 6.80. The number of rotatable bonds is 4. The van der Waals surface area contributed by atoms with Crippen LogP contribution in [0.4, 0.5) is 4.39 Å². The first-order valence-corrected chi connectivity index (χ1v) is 11.7. The van der Waals surface area contributed by atoms with E-state index in [9.17, 15) is 9.18 Å². The van der Waals surface area contributed by atoms with Gasteiger partial charge in [-0.1, -0.05) is 96.3 Å². The predicted molar refractivity (Wildman–Crippen MR) is 136 cm³/mol. The van der Waals surface area contributed by atoms with Gasteiger partial charge in [-0.05, 0) is 46.5 Å². The molecule has 34 heavy (non-hydrogen) atoms. The Balaban J connectivity index is 1.62. The van der Waals surface area contributed by atoms with E-state index < -0.39 is 5.91 Å². The van der Waals surface area contributed by atoms with E-state index in [0.29, 0.717) is 10.4 Å². The van der Waals surface area contributed by atoms with E-state index in [2.05, 4.69) is 53.5 Å². The molecule has 0 aliphatic carbocycles. The Morgan fingerprint density at radius 2 is 1.24 bits per heavy atom. The molecule has 5 rings (SSSR count). The molecule has 1 heterocycles. The highest BCUT2D eigenvalue weighted by Crippen LogP contribution is 2.35. The summed E-state index contributed by atoms with van der Waals surface area (Å²) in [6, 6.07) is 34.2. The number of carbonyl (C=O) groups excluding carboxylic acids is 1. The zero-order valence-electron chi connectivity index (χ0n) is 18.5. The molecule has 0 fully saturated rings. The van der Waals surface area contributed by atoms with Crippen LogP contribution in [0.1, 0.15) is 10.4 Å². The highest BCUT2D eigenvalue weighted by molar-refractivity contribution is 7.13. The van der Waals surface area contributed by atoms with Gasteiger partial charge in [-0.2, -0.15) is 4.99 Å². The Kier molecular flexibility index (Phi) is 6.02. The quantitative estimate of drug-likeness (QED) is 0.283. The number of thiazole rings is 1. The maximum Gasteiger partial charge on any atom is 0.279 e. The summed E-state index contributed by atoms with van der Waals surface area (Å²) in [5.41, 5.74) is 5.73. The van der Waals surface area contributed by atoms with Gasteiger partial charge in [-0.3, -0.25) is 4.79 Å². The van der Waals surface area contributed by atoms with Crippen LogP contribution in [0, 0.1) is 5.82 Å². The molecule has 0 atom stereocenters. The Morgan fingerprint density at radius 3 is 1.85 bits per heavy atom. The van der Waals surface area contributed by atoms with Crippen molar-refractivity contribution in [1.29, 1.82) is 0 Å². The van der Waals surface area contributed by atoms with Crippen molar-refractivity contribution < 1.29 is 9.18 Å². The SMILES string of the molecule is Cn1c(-c2ccc(-c3ccccc3)cc2)c(-c2ccccc2)sc1=NC(=O)c1ccc(F)cc1. The van der Waals surface area contributed by atoms with Crippen LogP contribution in [0.25, 0.3) is 32.8 Å². The minimum Gasteiger partial charge on any atom is -0.319 e. The second kappa shape index (κ2) is 9.41. The Labute approximate surface area is 201 Å². The fourth-order valence-electron chi connectivity index (χ4n) is 3.86. The number of hydrogen-bond donors (Lipinski definition) is 0. The van der Waals surface area contributed by atoms with Crippen LogP contribution in [0.2, 0.25) is 0 Å². The summed E-state index contributed by atoms with van der Waals surface area (Å²) in [6.45, 7) is 0. The van der Waals surface area contributed by atoms with E-state index in [-0.39, 0.29) is 5.82 Å². The minimum atomic E-state index is -0.401. The summed E-state index contributed by atoms with van der Waals surface area (Å²) in [5, 5.41) is 0. The summed E-state index contributed by atoms with van der Waals surface area (Å²) in [7, 11) is 1.92. The fourth-order valence-corrected chi connectivity index (χ4v) is 5.00. The van der Waals surface area contributed by atoms with Crippen LogP contribution in [0.5, 0.6) is 0 Å². The standard InChI is InChI=1S/C29H21FN2OS/c1-32-26(22-14-12-21(13-15-22)20-8-4-2-5-9-20)27(23-10-6-3-7-11-23)34-29(32)31-28(33)24-16-18-25(30)19-17-24/h2-19H,1H3. The van der Waals surface area contributed by atoms with Crippen molar-refractivity contribution in [2.24, 2.45) is 12.0 Å². The Hall–Kier alpha value is -4.09. The molecule has 0 radical (unpaired) electrons. The van der Waals surface area contributed by atoms with Crippen molar-refractivity contribution in [2.45, 2.75) is 0 Å². The lowest BCUT2D eigenvalue weighted by Crippen LogP contribution is -2.14. The van der Waals surface area contributed by atoms with Gasteiger partial charge in [0, 0.05) is 12.6 Å². The van der Waals surface area contributed by atoms with Gasteiger partial charge < -0.3 is 4.57 Å². The zero-order valence-corrected chi connectivity index (χ0v) is 19.3. The van der Waals surface area contributed by atoms with Gasteiger partial charge in [0.05, 0.1) is 10.6 Å². The number of benzene rings is 4.